The largest absolute Gasteiger partial charge is 0.322 e. The number of halogens is 1. The summed E-state index contributed by atoms with van der Waals surface area (Å²) in [6, 6.07) is 6.54. The molecule has 0 fully saturated rings. The Balaban J connectivity index is 2.29. The van der Waals surface area contributed by atoms with Gasteiger partial charge in [-0.1, -0.05) is 17.7 Å². The molecule has 1 heterocycles. The van der Waals surface area contributed by atoms with E-state index in [0.717, 1.165) is 23.4 Å². The Hall–Kier alpha value is -2.47. The van der Waals surface area contributed by atoms with E-state index in [0.29, 0.717) is 5.69 Å². The number of aryl methyl sites for hydroxylation is 2. The third-order valence-electron chi connectivity index (χ3n) is 3.04. The van der Waals surface area contributed by atoms with Gasteiger partial charge in [0.2, 0.25) is 0 Å². The van der Waals surface area contributed by atoms with E-state index in [4.69, 9.17) is 11.6 Å². The van der Waals surface area contributed by atoms with E-state index >= 15 is 0 Å². The fourth-order valence-corrected chi connectivity index (χ4v) is 1.90. The number of nitrogens with one attached hydrogen (secondary N) is 1. The Labute approximate surface area is 125 Å². The number of nitrogens with zero attached hydrogens (tertiary/aromatic N) is 2. The molecule has 0 aliphatic heterocycles. The lowest BCUT2D eigenvalue weighted by Gasteiger charge is -2.08. The van der Waals surface area contributed by atoms with E-state index in [1.165, 1.54) is 0 Å². The van der Waals surface area contributed by atoms with Crippen LogP contribution >= 0.6 is 11.6 Å². The standard InChI is InChI=1S/C14H12ClN3O3/c1-8-3-4-10(5-9(8)2)17-14(19)12-6-11(18(20)21)7-16-13(12)15/h3-7H,1-2H3,(H,17,19). The van der Waals surface area contributed by atoms with Crippen molar-refractivity contribution in [2.24, 2.45) is 0 Å². The van der Waals surface area contributed by atoms with E-state index in [1.807, 2.05) is 26.0 Å². The summed E-state index contributed by atoms with van der Waals surface area (Å²) in [6.45, 7) is 3.88. The molecule has 1 amide bonds. The molecule has 0 saturated heterocycles. The predicted molar refractivity (Wildman–Crippen MR) is 79.8 cm³/mol. The lowest BCUT2D eigenvalue weighted by Crippen LogP contribution is -2.13. The van der Waals surface area contributed by atoms with Gasteiger partial charge >= 0.3 is 0 Å². The Morgan fingerprint density at radius 3 is 2.62 bits per heavy atom. The van der Waals surface area contributed by atoms with Gasteiger partial charge in [-0.3, -0.25) is 14.9 Å². The van der Waals surface area contributed by atoms with Crippen molar-refractivity contribution in [1.82, 2.24) is 4.98 Å². The Morgan fingerprint density at radius 1 is 1.29 bits per heavy atom. The lowest BCUT2D eigenvalue weighted by molar-refractivity contribution is -0.385. The highest BCUT2D eigenvalue weighted by Crippen LogP contribution is 2.21. The first kappa shape index (κ1) is 14.9. The van der Waals surface area contributed by atoms with Crippen LogP contribution in [-0.4, -0.2) is 15.8 Å². The van der Waals surface area contributed by atoms with E-state index in [-0.39, 0.29) is 16.4 Å². The topological polar surface area (TPSA) is 85.1 Å². The van der Waals surface area contributed by atoms with Crippen molar-refractivity contribution < 1.29 is 9.72 Å². The second-order valence-corrected chi connectivity index (χ2v) is 4.90. The molecular formula is C14H12ClN3O3. The predicted octanol–water partition coefficient (Wildman–Crippen LogP) is 3.51. The number of hydrogen-bond donors (Lipinski definition) is 1. The van der Waals surface area contributed by atoms with Crippen LogP contribution in [0.3, 0.4) is 0 Å². The number of nitro groups is 1. The van der Waals surface area contributed by atoms with Crippen LogP contribution in [0.15, 0.2) is 30.5 Å². The molecule has 0 atom stereocenters. The fraction of sp³-hybridized carbons (Fsp3) is 0.143. The SMILES string of the molecule is Cc1ccc(NC(=O)c2cc([N+](=O)[O-])cnc2Cl)cc1C. The first-order valence-corrected chi connectivity index (χ1v) is 6.45. The van der Waals surface area contributed by atoms with Crippen molar-refractivity contribution in [2.45, 2.75) is 13.8 Å². The van der Waals surface area contributed by atoms with E-state index in [9.17, 15) is 14.9 Å². The van der Waals surface area contributed by atoms with Gasteiger partial charge in [0.05, 0.1) is 10.5 Å². The fourth-order valence-electron chi connectivity index (χ4n) is 1.71. The second kappa shape index (κ2) is 5.88. The summed E-state index contributed by atoms with van der Waals surface area (Å²) in [4.78, 5) is 25.9. The smallest absolute Gasteiger partial charge is 0.288 e. The summed E-state index contributed by atoms with van der Waals surface area (Å²) >= 11 is 5.82. The molecule has 108 valence electrons. The maximum Gasteiger partial charge on any atom is 0.288 e. The normalized spacial score (nSPS) is 10.2. The molecular weight excluding hydrogens is 294 g/mol. The minimum atomic E-state index is -0.629. The lowest BCUT2D eigenvalue weighted by atomic mass is 10.1. The van der Waals surface area contributed by atoms with Crippen LogP contribution in [0.2, 0.25) is 5.15 Å². The number of hydrogen-bond acceptors (Lipinski definition) is 4. The van der Waals surface area contributed by atoms with Gasteiger partial charge in [-0.05, 0) is 37.1 Å². The Kier molecular flexibility index (Phi) is 4.18. The maximum atomic E-state index is 12.1. The minimum Gasteiger partial charge on any atom is -0.322 e. The number of rotatable bonds is 3. The van der Waals surface area contributed by atoms with E-state index in [2.05, 4.69) is 10.3 Å². The zero-order valence-corrected chi connectivity index (χ0v) is 12.1. The van der Waals surface area contributed by atoms with Crippen molar-refractivity contribution in [3.8, 4) is 0 Å². The molecule has 2 rings (SSSR count). The van der Waals surface area contributed by atoms with Gasteiger partial charge in [0, 0.05) is 11.8 Å². The molecule has 0 aliphatic rings. The average Bonchev–Trinajstić information content (AvgIpc) is 2.43. The van der Waals surface area contributed by atoms with Crippen LogP contribution in [-0.2, 0) is 0 Å². The van der Waals surface area contributed by atoms with Crippen molar-refractivity contribution in [3.63, 3.8) is 0 Å². The second-order valence-electron chi connectivity index (χ2n) is 4.54. The van der Waals surface area contributed by atoms with E-state index in [1.54, 1.807) is 6.07 Å². The Bertz CT molecular complexity index is 731. The third-order valence-corrected chi connectivity index (χ3v) is 3.35. The molecule has 0 unspecified atom stereocenters. The van der Waals surface area contributed by atoms with Crippen molar-refractivity contribution in [2.75, 3.05) is 5.32 Å². The van der Waals surface area contributed by atoms with Crippen LogP contribution in [0.1, 0.15) is 21.5 Å². The first-order chi connectivity index (χ1) is 9.88. The molecule has 21 heavy (non-hydrogen) atoms. The highest BCUT2D eigenvalue weighted by atomic mass is 35.5. The summed E-state index contributed by atoms with van der Waals surface area (Å²) in [5.41, 5.74) is 2.39. The van der Waals surface area contributed by atoms with Gasteiger partial charge in [-0.15, -0.1) is 0 Å². The highest BCUT2D eigenvalue weighted by Gasteiger charge is 2.17. The number of pyridine rings is 1. The van der Waals surface area contributed by atoms with Gasteiger partial charge in [0.25, 0.3) is 11.6 Å². The van der Waals surface area contributed by atoms with Crippen molar-refractivity contribution in [1.29, 1.82) is 0 Å². The highest BCUT2D eigenvalue weighted by molar-refractivity contribution is 6.33. The van der Waals surface area contributed by atoms with Gasteiger partial charge in [-0.25, -0.2) is 4.98 Å². The molecule has 2 aromatic rings. The Morgan fingerprint density at radius 2 is 2.00 bits per heavy atom. The van der Waals surface area contributed by atoms with E-state index < -0.39 is 10.8 Å². The monoisotopic (exact) mass is 305 g/mol. The summed E-state index contributed by atoms with van der Waals surface area (Å²) in [5, 5.41) is 13.3. The van der Waals surface area contributed by atoms with Crippen LogP contribution < -0.4 is 5.32 Å². The van der Waals surface area contributed by atoms with Gasteiger partial charge in [0.15, 0.2) is 0 Å². The number of aromatic nitrogens is 1. The zero-order valence-electron chi connectivity index (χ0n) is 11.4. The quantitative estimate of drug-likeness (QED) is 0.534. The molecule has 7 heteroatoms. The molecule has 0 spiro atoms. The molecule has 0 bridgehead atoms. The van der Waals surface area contributed by atoms with Crippen LogP contribution in [0, 0.1) is 24.0 Å². The first-order valence-electron chi connectivity index (χ1n) is 6.07. The molecule has 0 saturated carbocycles. The summed E-state index contributed by atoms with van der Waals surface area (Å²) in [6.07, 6.45) is 1.01. The van der Waals surface area contributed by atoms with Gasteiger partial charge in [-0.2, -0.15) is 0 Å². The number of carbonyl (C=O) groups excluding carboxylic acids is 1. The van der Waals surface area contributed by atoms with Crippen LogP contribution in [0.4, 0.5) is 11.4 Å². The molecule has 6 nitrogen and oxygen atoms in total. The summed E-state index contributed by atoms with van der Waals surface area (Å²) in [5.74, 6) is -0.542. The zero-order chi connectivity index (χ0) is 15.6. The molecule has 1 N–H and O–H groups in total. The molecule has 1 aromatic heterocycles. The molecule has 1 aromatic carbocycles. The average molecular weight is 306 g/mol. The van der Waals surface area contributed by atoms with Gasteiger partial charge in [0.1, 0.15) is 11.3 Å². The maximum absolute atomic E-state index is 12.1. The summed E-state index contributed by atoms with van der Waals surface area (Å²) in [7, 11) is 0. The van der Waals surface area contributed by atoms with Crippen LogP contribution in [0.25, 0.3) is 0 Å². The molecule has 0 aliphatic carbocycles. The number of anilines is 1. The number of benzene rings is 1. The third kappa shape index (κ3) is 3.35. The minimum absolute atomic E-state index is 0.0379. The summed E-state index contributed by atoms with van der Waals surface area (Å²) < 4.78 is 0. The van der Waals surface area contributed by atoms with Gasteiger partial charge < -0.3 is 5.32 Å². The number of amides is 1. The van der Waals surface area contributed by atoms with Crippen molar-refractivity contribution in [3.05, 3.63) is 62.4 Å². The van der Waals surface area contributed by atoms with Crippen LogP contribution in [0.5, 0.6) is 0 Å². The molecule has 0 radical (unpaired) electrons. The van der Waals surface area contributed by atoms with Crippen molar-refractivity contribution >= 4 is 28.9 Å². The number of carbonyl (C=O) groups is 1.